The molecule has 0 aliphatic carbocycles. The number of benzene rings is 1. The second-order valence-corrected chi connectivity index (χ2v) is 3.15. The minimum Gasteiger partial charge on any atom is -0.497 e. The molecule has 1 rings (SSSR count). The van der Waals surface area contributed by atoms with Gasteiger partial charge in [-0.2, -0.15) is 0 Å². The molecule has 0 radical (unpaired) electrons. The Hall–Kier alpha value is -1.81. The molecule has 86 valence electrons. The van der Waals surface area contributed by atoms with E-state index in [-0.39, 0.29) is 12.3 Å². The lowest BCUT2D eigenvalue weighted by Crippen LogP contribution is -2.25. The molecule has 0 unspecified atom stereocenters. The molecule has 0 saturated heterocycles. The number of rotatable bonds is 6. The number of carbonyl (C=O) groups is 1. The van der Waals surface area contributed by atoms with Crippen LogP contribution in [0.25, 0.3) is 0 Å². The molecule has 0 bridgehead atoms. The first kappa shape index (κ1) is 12.3. The van der Waals surface area contributed by atoms with Crippen LogP contribution in [-0.2, 0) is 16.1 Å². The number of carbonyl (C=O) groups excluding carboxylic acids is 1. The first-order chi connectivity index (χ1) is 7.76. The molecule has 1 N–H and O–H groups in total. The normalized spacial score (nSPS) is 9.56. The van der Waals surface area contributed by atoms with E-state index < -0.39 is 0 Å². The van der Waals surface area contributed by atoms with E-state index in [0.717, 1.165) is 11.3 Å². The topological polar surface area (TPSA) is 47.6 Å². The summed E-state index contributed by atoms with van der Waals surface area (Å²) in [6.07, 6.45) is 1.84. The molecule has 1 aromatic rings. The Kier molecular flexibility index (Phi) is 5.08. The lowest BCUT2D eigenvalue weighted by molar-refractivity contribution is -0.131. The summed E-state index contributed by atoms with van der Waals surface area (Å²) >= 11 is 0. The van der Waals surface area contributed by atoms with Crippen LogP contribution in [0.3, 0.4) is 0 Å². The molecule has 0 aliphatic heterocycles. The number of amides is 1. The van der Waals surface area contributed by atoms with Crippen molar-refractivity contribution in [3.8, 4) is 5.75 Å². The van der Waals surface area contributed by atoms with Crippen molar-refractivity contribution in [2.45, 2.75) is 6.42 Å². The zero-order valence-corrected chi connectivity index (χ0v) is 9.23. The van der Waals surface area contributed by atoms with Crippen molar-refractivity contribution >= 4 is 5.91 Å². The summed E-state index contributed by atoms with van der Waals surface area (Å²) in [7, 11) is 1.60. The molecule has 0 aliphatic rings. The Morgan fingerprint density at radius 2 is 2.12 bits per heavy atom. The van der Waals surface area contributed by atoms with Crippen LogP contribution in [0.5, 0.6) is 5.75 Å². The van der Waals surface area contributed by atoms with Crippen LogP contribution in [0.4, 0.5) is 0 Å². The fraction of sp³-hybridized carbons (Fsp3) is 0.250. The third kappa shape index (κ3) is 4.14. The van der Waals surface area contributed by atoms with E-state index in [1.807, 2.05) is 24.3 Å². The number of hydrogen-bond donors (Lipinski definition) is 1. The third-order valence-electron chi connectivity index (χ3n) is 1.91. The van der Waals surface area contributed by atoms with Gasteiger partial charge in [0.05, 0.1) is 20.1 Å². The number of hydrogen-bond acceptors (Lipinski definition) is 3. The molecule has 1 aromatic carbocycles. The van der Waals surface area contributed by atoms with Gasteiger partial charge in [-0.25, -0.2) is 5.48 Å². The van der Waals surface area contributed by atoms with Crippen molar-refractivity contribution in [1.29, 1.82) is 0 Å². The average Bonchev–Trinajstić information content (AvgIpc) is 2.30. The Morgan fingerprint density at radius 1 is 1.44 bits per heavy atom. The first-order valence-electron chi connectivity index (χ1n) is 4.90. The zero-order valence-electron chi connectivity index (χ0n) is 9.23. The summed E-state index contributed by atoms with van der Waals surface area (Å²) in [5.74, 6) is 0.582. The van der Waals surface area contributed by atoms with Gasteiger partial charge in [0.25, 0.3) is 0 Å². The summed E-state index contributed by atoms with van der Waals surface area (Å²) in [6, 6.07) is 7.30. The average molecular weight is 221 g/mol. The molecule has 0 heterocycles. The Labute approximate surface area is 94.8 Å². The van der Waals surface area contributed by atoms with Crippen molar-refractivity contribution in [1.82, 2.24) is 5.48 Å². The number of ether oxygens (including phenoxy) is 1. The van der Waals surface area contributed by atoms with Gasteiger partial charge < -0.3 is 4.74 Å². The Bertz CT molecular complexity index is 346. The number of nitrogens with one attached hydrogen (secondary N) is 1. The van der Waals surface area contributed by atoms with Crippen molar-refractivity contribution in [2.75, 3.05) is 13.7 Å². The lowest BCUT2D eigenvalue weighted by atomic mass is 10.1. The lowest BCUT2D eigenvalue weighted by Gasteiger charge is -2.04. The van der Waals surface area contributed by atoms with E-state index in [9.17, 15) is 4.79 Å². The van der Waals surface area contributed by atoms with E-state index in [1.165, 1.54) is 0 Å². The molecule has 0 spiro atoms. The van der Waals surface area contributed by atoms with E-state index in [1.54, 1.807) is 13.2 Å². The van der Waals surface area contributed by atoms with Gasteiger partial charge in [0.2, 0.25) is 5.91 Å². The van der Waals surface area contributed by atoms with Crippen LogP contribution in [-0.4, -0.2) is 19.6 Å². The fourth-order valence-corrected chi connectivity index (χ4v) is 1.15. The third-order valence-corrected chi connectivity index (χ3v) is 1.91. The van der Waals surface area contributed by atoms with Crippen molar-refractivity contribution in [3.63, 3.8) is 0 Å². The predicted octanol–water partition coefficient (Wildman–Crippen LogP) is 1.47. The standard InChI is InChI=1S/C12H15NO3/c1-3-8-16-13-12(14)9-10-4-6-11(15-2)7-5-10/h3-7H,1,8-9H2,2H3,(H,13,14). The molecule has 4 nitrogen and oxygen atoms in total. The van der Waals surface area contributed by atoms with Gasteiger partial charge in [-0.05, 0) is 17.7 Å². The fourth-order valence-electron chi connectivity index (χ4n) is 1.15. The minimum atomic E-state index is -0.188. The number of hydroxylamine groups is 1. The van der Waals surface area contributed by atoms with Gasteiger partial charge in [0.1, 0.15) is 5.75 Å². The summed E-state index contributed by atoms with van der Waals surface area (Å²) in [5.41, 5.74) is 3.22. The monoisotopic (exact) mass is 221 g/mol. The van der Waals surface area contributed by atoms with Gasteiger partial charge >= 0.3 is 0 Å². The van der Waals surface area contributed by atoms with E-state index in [0.29, 0.717) is 6.61 Å². The highest BCUT2D eigenvalue weighted by Crippen LogP contribution is 2.11. The first-order valence-corrected chi connectivity index (χ1v) is 4.90. The van der Waals surface area contributed by atoms with Crippen LogP contribution in [0.15, 0.2) is 36.9 Å². The molecule has 4 heteroatoms. The van der Waals surface area contributed by atoms with Crippen LogP contribution in [0.1, 0.15) is 5.56 Å². The smallest absolute Gasteiger partial charge is 0.247 e. The zero-order chi connectivity index (χ0) is 11.8. The van der Waals surface area contributed by atoms with Crippen LogP contribution >= 0.6 is 0 Å². The minimum absolute atomic E-state index is 0.188. The predicted molar refractivity (Wildman–Crippen MR) is 61.0 cm³/mol. The molecule has 0 aromatic heterocycles. The largest absolute Gasteiger partial charge is 0.497 e. The molecular formula is C12H15NO3. The Balaban J connectivity index is 2.40. The molecule has 0 fully saturated rings. The van der Waals surface area contributed by atoms with Crippen LogP contribution in [0, 0.1) is 0 Å². The summed E-state index contributed by atoms with van der Waals surface area (Å²) in [6.45, 7) is 3.77. The van der Waals surface area contributed by atoms with Gasteiger partial charge in [0, 0.05) is 0 Å². The maximum Gasteiger partial charge on any atom is 0.247 e. The highest BCUT2D eigenvalue weighted by molar-refractivity contribution is 5.77. The molecule has 0 saturated carbocycles. The van der Waals surface area contributed by atoms with Crippen LogP contribution in [0.2, 0.25) is 0 Å². The summed E-state index contributed by atoms with van der Waals surface area (Å²) < 4.78 is 5.02. The van der Waals surface area contributed by atoms with Gasteiger partial charge in [-0.15, -0.1) is 6.58 Å². The molecule has 16 heavy (non-hydrogen) atoms. The highest BCUT2D eigenvalue weighted by Gasteiger charge is 2.02. The van der Waals surface area contributed by atoms with E-state index in [2.05, 4.69) is 12.1 Å². The van der Waals surface area contributed by atoms with E-state index in [4.69, 9.17) is 9.57 Å². The highest BCUT2D eigenvalue weighted by atomic mass is 16.6. The SMILES string of the molecule is C=CCONC(=O)Cc1ccc(OC)cc1. The molecule has 0 atom stereocenters. The second kappa shape index (κ2) is 6.63. The van der Waals surface area contributed by atoms with Gasteiger partial charge in [0.15, 0.2) is 0 Å². The summed E-state index contributed by atoms with van der Waals surface area (Å²) in [5, 5.41) is 0. The van der Waals surface area contributed by atoms with Crippen molar-refractivity contribution in [2.24, 2.45) is 0 Å². The maximum absolute atomic E-state index is 11.3. The Morgan fingerprint density at radius 3 is 2.69 bits per heavy atom. The quantitative estimate of drug-likeness (QED) is 0.449. The van der Waals surface area contributed by atoms with Gasteiger partial charge in [-0.3, -0.25) is 9.63 Å². The maximum atomic E-state index is 11.3. The van der Waals surface area contributed by atoms with Gasteiger partial charge in [-0.1, -0.05) is 18.2 Å². The van der Waals surface area contributed by atoms with Crippen LogP contribution < -0.4 is 10.2 Å². The van der Waals surface area contributed by atoms with Crippen molar-refractivity contribution < 1.29 is 14.4 Å². The van der Waals surface area contributed by atoms with E-state index >= 15 is 0 Å². The summed E-state index contributed by atoms with van der Waals surface area (Å²) in [4.78, 5) is 16.2. The molecular weight excluding hydrogens is 206 g/mol. The second-order valence-electron chi connectivity index (χ2n) is 3.15. The number of methoxy groups -OCH3 is 1. The van der Waals surface area contributed by atoms with Crippen molar-refractivity contribution in [3.05, 3.63) is 42.5 Å². The molecule has 1 amide bonds.